The van der Waals surface area contributed by atoms with Crippen molar-refractivity contribution in [3.05, 3.63) is 51.2 Å². The zero-order valence-corrected chi connectivity index (χ0v) is 26.2. The number of imidazole rings is 1. The zero-order chi connectivity index (χ0) is 31.9. The number of nitrogens with zero attached hydrogens (tertiary/aromatic N) is 3. The lowest BCUT2D eigenvalue weighted by molar-refractivity contribution is -0.130. The van der Waals surface area contributed by atoms with Gasteiger partial charge in [-0.3, -0.25) is 28.8 Å². The number of hydrogen-bond donors (Lipinski definition) is 5. The maximum atomic E-state index is 13.7. The SMILES string of the molecule is CC[C@H](C)[C@@H]1NC(=O)CCCN(C(=O)c2n[nH]c3c2CCCC3)CCCNC(=O)c2ccc3[nH]c(=O)n(c3c2)CCCNC1=O. The third-order valence-electron chi connectivity index (χ3n) is 8.98. The van der Waals surface area contributed by atoms with Gasteiger partial charge in [0.15, 0.2) is 5.69 Å². The normalized spacial score (nSPS) is 20.1. The first kappa shape index (κ1) is 32.0. The smallest absolute Gasteiger partial charge is 0.326 e. The number of H-pyrrole nitrogens is 2. The van der Waals surface area contributed by atoms with Gasteiger partial charge in [0.1, 0.15) is 6.04 Å². The monoisotopic (exact) mass is 620 g/mol. The topological polar surface area (TPSA) is 174 Å². The molecule has 0 unspecified atom stereocenters. The van der Waals surface area contributed by atoms with Crippen LogP contribution in [-0.4, -0.2) is 80.5 Å². The van der Waals surface area contributed by atoms with Crippen molar-refractivity contribution in [1.82, 2.24) is 40.6 Å². The lowest BCUT2D eigenvalue weighted by Gasteiger charge is -2.25. The van der Waals surface area contributed by atoms with Crippen LogP contribution in [0.25, 0.3) is 11.0 Å². The molecule has 45 heavy (non-hydrogen) atoms. The minimum atomic E-state index is -0.694. The van der Waals surface area contributed by atoms with Gasteiger partial charge >= 0.3 is 5.69 Å². The molecule has 0 radical (unpaired) electrons. The molecule has 0 spiro atoms. The van der Waals surface area contributed by atoms with Crippen LogP contribution in [0, 0.1) is 5.92 Å². The molecule has 5 rings (SSSR count). The standard InChI is InChI=1S/C32H44N8O5/c1-3-20(2)27-30(43)34-15-8-18-40-25-19-21(12-13-24(25)35-32(40)45)29(42)33-14-7-17-39(16-6-11-26(41)36-27)31(44)28-22-9-4-5-10-23(22)37-38-28/h12-13,19-20,27H,3-11,14-18H2,1-2H3,(H,33,42)(H,34,43)(H,35,45)(H,36,41)(H,37,38)/t20-,27-/m0/s1. The number of nitrogens with one attached hydrogen (secondary N) is 5. The van der Waals surface area contributed by atoms with E-state index in [1.165, 1.54) is 0 Å². The van der Waals surface area contributed by atoms with E-state index in [1.807, 2.05) is 13.8 Å². The van der Waals surface area contributed by atoms with Crippen molar-refractivity contribution in [3.63, 3.8) is 0 Å². The molecule has 4 amide bonds. The first-order chi connectivity index (χ1) is 21.8. The molecular formula is C32H44N8O5. The van der Waals surface area contributed by atoms with Gasteiger partial charge in [-0.1, -0.05) is 20.3 Å². The Morgan fingerprint density at radius 3 is 2.53 bits per heavy atom. The fourth-order valence-electron chi connectivity index (χ4n) is 6.15. The fraction of sp³-hybridized carbons (Fsp3) is 0.562. The Labute approximate surface area is 261 Å². The van der Waals surface area contributed by atoms with Crippen LogP contribution < -0.4 is 21.6 Å². The van der Waals surface area contributed by atoms with Gasteiger partial charge in [-0.2, -0.15) is 5.10 Å². The van der Waals surface area contributed by atoms with Crippen molar-refractivity contribution in [3.8, 4) is 0 Å². The van der Waals surface area contributed by atoms with E-state index >= 15 is 0 Å². The summed E-state index contributed by atoms with van der Waals surface area (Å²) in [5.41, 5.74) is 3.77. The van der Waals surface area contributed by atoms with E-state index in [9.17, 15) is 24.0 Å². The molecule has 13 heteroatoms. The number of amides is 4. The van der Waals surface area contributed by atoms with Crippen LogP contribution in [0.2, 0.25) is 0 Å². The molecule has 5 N–H and O–H groups in total. The Hall–Kier alpha value is -4.42. The maximum absolute atomic E-state index is 13.7. The summed E-state index contributed by atoms with van der Waals surface area (Å²) in [4.78, 5) is 70.1. The molecule has 2 atom stereocenters. The van der Waals surface area contributed by atoms with Gasteiger partial charge in [0, 0.05) is 56.0 Å². The van der Waals surface area contributed by atoms with E-state index in [0.29, 0.717) is 80.7 Å². The van der Waals surface area contributed by atoms with E-state index in [0.717, 1.165) is 36.9 Å². The highest BCUT2D eigenvalue weighted by Crippen LogP contribution is 2.23. The van der Waals surface area contributed by atoms with Crippen LogP contribution >= 0.6 is 0 Å². The number of hydrogen-bond acceptors (Lipinski definition) is 6. The van der Waals surface area contributed by atoms with Crippen molar-refractivity contribution in [2.24, 2.45) is 5.92 Å². The van der Waals surface area contributed by atoms with E-state index in [-0.39, 0.29) is 41.7 Å². The van der Waals surface area contributed by atoms with Gasteiger partial charge in [-0.15, -0.1) is 0 Å². The summed E-state index contributed by atoms with van der Waals surface area (Å²) in [7, 11) is 0. The Morgan fingerprint density at radius 1 is 0.956 bits per heavy atom. The van der Waals surface area contributed by atoms with Crippen LogP contribution in [0.3, 0.4) is 0 Å². The molecule has 0 fully saturated rings. The molecule has 242 valence electrons. The minimum absolute atomic E-state index is 0.0841. The van der Waals surface area contributed by atoms with Gasteiger partial charge < -0.3 is 25.8 Å². The van der Waals surface area contributed by atoms with Crippen LogP contribution in [0.1, 0.15) is 90.9 Å². The molecule has 3 aromatic rings. The highest BCUT2D eigenvalue weighted by molar-refractivity contribution is 5.97. The summed E-state index contributed by atoms with van der Waals surface area (Å²) in [5, 5.41) is 16.2. The molecule has 2 aliphatic rings. The Kier molecular flexibility index (Phi) is 10.4. The molecule has 1 aliphatic heterocycles. The number of benzene rings is 1. The lowest BCUT2D eigenvalue weighted by Crippen LogP contribution is -2.50. The predicted octanol–water partition coefficient (Wildman–Crippen LogP) is 2.02. The second-order valence-electron chi connectivity index (χ2n) is 12.1. The molecule has 0 saturated heterocycles. The molecule has 13 nitrogen and oxygen atoms in total. The Bertz CT molecular complexity index is 1600. The fourth-order valence-corrected chi connectivity index (χ4v) is 6.15. The van der Waals surface area contributed by atoms with Crippen molar-refractivity contribution < 1.29 is 19.2 Å². The first-order valence-electron chi connectivity index (χ1n) is 16.2. The van der Waals surface area contributed by atoms with Crippen molar-refractivity contribution in [1.29, 1.82) is 0 Å². The maximum Gasteiger partial charge on any atom is 0.326 e. The van der Waals surface area contributed by atoms with Crippen LogP contribution in [0.15, 0.2) is 23.0 Å². The van der Waals surface area contributed by atoms with Crippen LogP contribution in [0.5, 0.6) is 0 Å². The largest absolute Gasteiger partial charge is 0.354 e. The second-order valence-corrected chi connectivity index (χ2v) is 12.1. The molecule has 2 bridgehead atoms. The van der Waals surface area contributed by atoms with Crippen molar-refractivity contribution in [2.75, 3.05) is 26.2 Å². The molecule has 1 aromatic carbocycles. The molecular weight excluding hydrogens is 576 g/mol. The lowest BCUT2D eigenvalue weighted by atomic mass is 9.95. The predicted molar refractivity (Wildman–Crippen MR) is 169 cm³/mol. The van der Waals surface area contributed by atoms with Crippen LogP contribution in [0.4, 0.5) is 0 Å². The Morgan fingerprint density at radius 2 is 1.71 bits per heavy atom. The summed E-state index contributed by atoms with van der Waals surface area (Å²) in [6, 6.07) is 4.38. The van der Waals surface area contributed by atoms with Crippen molar-refractivity contribution >= 4 is 34.7 Å². The van der Waals surface area contributed by atoms with Gasteiger partial charge in [0.05, 0.1) is 11.0 Å². The summed E-state index contributed by atoms with van der Waals surface area (Å²) < 4.78 is 1.56. The van der Waals surface area contributed by atoms with E-state index in [4.69, 9.17) is 0 Å². The number of fused-ring (bicyclic) bond motifs is 2. The quantitative estimate of drug-likeness (QED) is 0.300. The summed E-state index contributed by atoms with van der Waals surface area (Å²) >= 11 is 0. The number of aryl methyl sites for hydroxylation is 2. The van der Waals surface area contributed by atoms with Gasteiger partial charge in [0.2, 0.25) is 11.8 Å². The summed E-state index contributed by atoms with van der Waals surface area (Å²) in [6.45, 7) is 5.60. The van der Waals surface area contributed by atoms with Gasteiger partial charge in [0.25, 0.3) is 11.8 Å². The highest BCUT2D eigenvalue weighted by atomic mass is 16.2. The number of rotatable bonds is 3. The zero-order valence-electron chi connectivity index (χ0n) is 26.2. The highest BCUT2D eigenvalue weighted by Gasteiger charge is 2.28. The van der Waals surface area contributed by atoms with E-state index in [2.05, 4.69) is 31.1 Å². The number of carbonyl (C=O) groups is 4. The summed E-state index contributed by atoms with van der Waals surface area (Å²) in [5.74, 6) is -1.07. The average molecular weight is 621 g/mol. The van der Waals surface area contributed by atoms with Crippen LogP contribution in [-0.2, 0) is 29.0 Å². The number of carbonyl (C=O) groups excluding carboxylic acids is 4. The van der Waals surface area contributed by atoms with Gasteiger partial charge in [-0.05, 0) is 69.1 Å². The number of aromatic amines is 2. The van der Waals surface area contributed by atoms with E-state index < -0.39 is 6.04 Å². The average Bonchev–Trinajstić information content (AvgIpc) is 3.61. The third-order valence-corrected chi connectivity index (χ3v) is 8.98. The molecule has 2 aromatic heterocycles. The number of aromatic nitrogens is 4. The Balaban J connectivity index is 1.36. The minimum Gasteiger partial charge on any atom is -0.354 e. The second kappa shape index (κ2) is 14.6. The molecule has 3 heterocycles. The molecule has 1 aliphatic carbocycles. The summed E-state index contributed by atoms with van der Waals surface area (Å²) in [6.07, 6.45) is 6.01. The molecule has 0 saturated carbocycles. The van der Waals surface area contributed by atoms with Crippen molar-refractivity contribution in [2.45, 2.75) is 84.2 Å². The first-order valence-corrected chi connectivity index (χ1v) is 16.2. The van der Waals surface area contributed by atoms with E-state index in [1.54, 1.807) is 27.7 Å². The van der Waals surface area contributed by atoms with Gasteiger partial charge in [-0.25, -0.2) is 4.79 Å². The third kappa shape index (κ3) is 7.46.